The maximum absolute atomic E-state index is 12.2. The summed E-state index contributed by atoms with van der Waals surface area (Å²) in [6, 6.07) is 15.7. The van der Waals surface area contributed by atoms with Gasteiger partial charge in [0.25, 0.3) is 5.91 Å². The van der Waals surface area contributed by atoms with Gasteiger partial charge < -0.3 is 10.4 Å². The number of aliphatic hydroxyl groups excluding tert-OH is 1. The molecule has 0 aromatic heterocycles. The molecule has 28 heavy (non-hydrogen) atoms. The van der Waals surface area contributed by atoms with Crippen molar-refractivity contribution in [1.29, 1.82) is 0 Å². The molecule has 2 aromatic rings. The van der Waals surface area contributed by atoms with Gasteiger partial charge in [-0.2, -0.15) is 0 Å². The zero-order valence-corrected chi connectivity index (χ0v) is 16.2. The molecule has 0 fully saturated rings. The molecule has 0 aliphatic rings. The van der Waals surface area contributed by atoms with E-state index in [9.17, 15) is 14.8 Å². The summed E-state index contributed by atoms with van der Waals surface area (Å²) in [7, 11) is 0. The molecular formula is C22H28N2O4. The molecule has 6 nitrogen and oxygen atoms in total. The predicted octanol–water partition coefficient (Wildman–Crippen LogP) is 3.03. The van der Waals surface area contributed by atoms with Gasteiger partial charge in [-0.05, 0) is 48.1 Å². The highest BCUT2D eigenvalue weighted by Gasteiger charge is 2.11. The maximum Gasteiger partial charge on any atom is 0.251 e. The molecule has 0 aliphatic heterocycles. The van der Waals surface area contributed by atoms with E-state index in [0.29, 0.717) is 23.5 Å². The first-order chi connectivity index (χ1) is 13.5. The normalized spacial score (nSPS) is 10.5. The first-order valence-electron chi connectivity index (χ1n) is 9.62. The van der Waals surface area contributed by atoms with Crippen molar-refractivity contribution in [2.24, 2.45) is 0 Å². The van der Waals surface area contributed by atoms with E-state index in [2.05, 4.69) is 36.5 Å². The van der Waals surface area contributed by atoms with Crippen LogP contribution in [0.15, 0.2) is 48.5 Å². The molecule has 0 bridgehead atoms. The van der Waals surface area contributed by atoms with Crippen LogP contribution in [0.5, 0.6) is 0 Å². The van der Waals surface area contributed by atoms with Crippen LogP contribution in [0.1, 0.15) is 42.1 Å². The Morgan fingerprint density at radius 1 is 0.964 bits per heavy atom. The monoisotopic (exact) mass is 384 g/mol. The van der Waals surface area contributed by atoms with Crippen LogP contribution in [-0.4, -0.2) is 46.9 Å². The molecule has 0 atom stereocenters. The molecule has 0 unspecified atom stereocenters. The fraction of sp³-hybridized carbons (Fsp3) is 0.364. The van der Waals surface area contributed by atoms with E-state index in [1.54, 1.807) is 12.1 Å². The van der Waals surface area contributed by atoms with E-state index in [4.69, 9.17) is 5.11 Å². The minimum Gasteiger partial charge on any atom is -0.396 e. The smallest absolute Gasteiger partial charge is 0.251 e. The summed E-state index contributed by atoms with van der Waals surface area (Å²) in [5, 5.41) is 21.7. The number of benzene rings is 2. The van der Waals surface area contributed by atoms with Crippen LogP contribution >= 0.6 is 0 Å². The number of hydroxylamine groups is 2. The van der Waals surface area contributed by atoms with Crippen molar-refractivity contribution in [3.05, 3.63) is 59.7 Å². The van der Waals surface area contributed by atoms with E-state index in [1.807, 2.05) is 12.1 Å². The van der Waals surface area contributed by atoms with Crippen LogP contribution in [0.4, 0.5) is 0 Å². The number of unbranched alkanes of at least 4 members (excludes halogenated alkanes) is 1. The first-order valence-corrected chi connectivity index (χ1v) is 9.62. The molecule has 0 saturated carbocycles. The Morgan fingerprint density at radius 3 is 2.14 bits per heavy atom. The molecule has 0 saturated heterocycles. The Kier molecular flexibility index (Phi) is 8.65. The molecule has 0 spiro atoms. The van der Waals surface area contributed by atoms with Crippen molar-refractivity contribution in [3.63, 3.8) is 0 Å². The summed E-state index contributed by atoms with van der Waals surface area (Å²) in [5.74, 6) is -0.671. The van der Waals surface area contributed by atoms with Gasteiger partial charge in [0.15, 0.2) is 0 Å². The van der Waals surface area contributed by atoms with E-state index >= 15 is 0 Å². The number of carbonyl (C=O) groups excluding carboxylic acids is 2. The highest BCUT2D eigenvalue weighted by atomic mass is 16.5. The highest BCUT2D eigenvalue weighted by Crippen LogP contribution is 2.20. The molecule has 0 aliphatic carbocycles. The Morgan fingerprint density at radius 2 is 1.57 bits per heavy atom. The van der Waals surface area contributed by atoms with Crippen LogP contribution in [0, 0.1) is 0 Å². The highest BCUT2D eigenvalue weighted by molar-refractivity contribution is 5.94. The van der Waals surface area contributed by atoms with E-state index in [0.717, 1.165) is 17.5 Å². The molecule has 3 N–H and O–H groups in total. The summed E-state index contributed by atoms with van der Waals surface area (Å²) in [5.41, 5.74) is 3.94. The Balaban J connectivity index is 1.81. The third kappa shape index (κ3) is 6.48. The Labute approximate surface area is 165 Å². The van der Waals surface area contributed by atoms with Gasteiger partial charge in [0.1, 0.15) is 0 Å². The summed E-state index contributed by atoms with van der Waals surface area (Å²) < 4.78 is 0. The lowest BCUT2D eigenvalue weighted by Crippen LogP contribution is -2.36. The molecule has 0 heterocycles. The van der Waals surface area contributed by atoms with Gasteiger partial charge in [-0.25, -0.2) is 5.06 Å². The lowest BCUT2D eigenvalue weighted by Gasteiger charge is -2.15. The number of carbonyl (C=O) groups is 2. The first kappa shape index (κ1) is 21.6. The minimum absolute atomic E-state index is 0.0194. The van der Waals surface area contributed by atoms with Crippen LogP contribution in [0.25, 0.3) is 11.1 Å². The maximum atomic E-state index is 12.2. The standard InChI is InChI=1S/C22H28N2O4/c1-2-17-6-8-18(9-7-17)19-10-12-20(13-11-19)22(27)23-14-15-24(28)21(26)5-3-4-16-25/h6-13,25,28H,2-5,14-16H2,1H3,(H,23,27). The minimum atomic E-state index is -0.416. The van der Waals surface area contributed by atoms with Crippen molar-refractivity contribution >= 4 is 11.8 Å². The summed E-state index contributed by atoms with van der Waals surface area (Å²) in [6.45, 7) is 2.32. The molecule has 2 rings (SSSR count). The Hall–Kier alpha value is -2.70. The SMILES string of the molecule is CCc1ccc(-c2ccc(C(=O)NCCN(O)C(=O)CCCCO)cc2)cc1. The van der Waals surface area contributed by atoms with Gasteiger partial charge in [0.2, 0.25) is 5.91 Å². The third-order valence-electron chi connectivity index (χ3n) is 4.54. The van der Waals surface area contributed by atoms with Crippen molar-refractivity contribution < 1.29 is 19.9 Å². The quantitative estimate of drug-likeness (QED) is 0.334. The van der Waals surface area contributed by atoms with Crippen molar-refractivity contribution in [2.45, 2.75) is 32.6 Å². The topological polar surface area (TPSA) is 89.9 Å². The van der Waals surface area contributed by atoms with Gasteiger partial charge in [-0.1, -0.05) is 43.3 Å². The van der Waals surface area contributed by atoms with Crippen molar-refractivity contribution in [2.75, 3.05) is 19.7 Å². The number of hydrogen-bond acceptors (Lipinski definition) is 4. The molecule has 2 aromatic carbocycles. The second-order valence-corrected chi connectivity index (χ2v) is 6.58. The number of aliphatic hydroxyl groups is 1. The number of nitrogens with one attached hydrogen (secondary N) is 1. The van der Waals surface area contributed by atoms with Gasteiger partial charge in [-0.3, -0.25) is 14.8 Å². The molecule has 6 heteroatoms. The van der Waals surface area contributed by atoms with Crippen molar-refractivity contribution in [1.82, 2.24) is 10.4 Å². The molecule has 2 amide bonds. The number of nitrogens with zero attached hydrogens (tertiary/aromatic N) is 1. The fourth-order valence-corrected chi connectivity index (χ4v) is 2.77. The van der Waals surface area contributed by atoms with Crippen LogP contribution in [0.2, 0.25) is 0 Å². The van der Waals surface area contributed by atoms with E-state index in [1.165, 1.54) is 5.56 Å². The van der Waals surface area contributed by atoms with Crippen molar-refractivity contribution in [3.8, 4) is 11.1 Å². The zero-order chi connectivity index (χ0) is 20.4. The third-order valence-corrected chi connectivity index (χ3v) is 4.54. The number of aryl methyl sites for hydroxylation is 1. The van der Waals surface area contributed by atoms with Crippen LogP contribution in [0.3, 0.4) is 0 Å². The second-order valence-electron chi connectivity index (χ2n) is 6.58. The summed E-state index contributed by atoms with van der Waals surface area (Å²) in [4.78, 5) is 23.9. The van der Waals surface area contributed by atoms with Crippen LogP contribution in [-0.2, 0) is 11.2 Å². The van der Waals surface area contributed by atoms with Gasteiger partial charge >= 0.3 is 0 Å². The zero-order valence-electron chi connectivity index (χ0n) is 16.2. The van der Waals surface area contributed by atoms with E-state index in [-0.39, 0.29) is 32.0 Å². The largest absolute Gasteiger partial charge is 0.396 e. The molecular weight excluding hydrogens is 356 g/mol. The summed E-state index contributed by atoms with van der Waals surface area (Å²) >= 11 is 0. The lowest BCUT2D eigenvalue weighted by atomic mass is 10.0. The van der Waals surface area contributed by atoms with E-state index < -0.39 is 5.91 Å². The molecule has 0 radical (unpaired) electrons. The fourth-order valence-electron chi connectivity index (χ4n) is 2.77. The van der Waals surface area contributed by atoms with Gasteiger partial charge in [0, 0.05) is 25.1 Å². The van der Waals surface area contributed by atoms with Gasteiger partial charge in [0.05, 0.1) is 6.54 Å². The average molecular weight is 384 g/mol. The number of hydrogen-bond donors (Lipinski definition) is 3. The van der Waals surface area contributed by atoms with Gasteiger partial charge in [-0.15, -0.1) is 0 Å². The van der Waals surface area contributed by atoms with Crippen LogP contribution < -0.4 is 5.32 Å². The summed E-state index contributed by atoms with van der Waals surface area (Å²) in [6.07, 6.45) is 2.21. The second kappa shape index (κ2) is 11.2. The Bertz CT molecular complexity index is 757. The molecule has 150 valence electrons. The predicted molar refractivity (Wildman–Crippen MR) is 108 cm³/mol. The number of amides is 2. The average Bonchev–Trinajstić information content (AvgIpc) is 2.73. The number of rotatable bonds is 10. The lowest BCUT2D eigenvalue weighted by molar-refractivity contribution is -0.165.